The van der Waals surface area contributed by atoms with Gasteiger partial charge in [-0.05, 0) is 6.42 Å². The minimum atomic E-state index is -1.49. The SMILES string of the molecule is C.CN1CCNC1=O.O=C1N(CO)C(O)C(O)N1CO.O=C1NCCCN1. The van der Waals surface area contributed by atoms with Crippen LogP contribution in [-0.4, -0.2) is 112 Å². The van der Waals surface area contributed by atoms with Crippen molar-refractivity contribution in [1.82, 2.24) is 30.7 Å². The molecule has 7 N–H and O–H groups in total. The molecule has 0 aromatic rings. The molecule has 3 saturated heterocycles. The van der Waals surface area contributed by atoms with Crippen molar-refractivity contribution in [2.75, 3.05) is 46.7 Å². The summed E-state index contributed by atoms with van der Waals surface area (Å²) in [5.41, 5.74) is 0. The molecule has 6 amide bonds. The van der Waals surface area contributed by atoms with Gasteiger partial charge in [0.25, 0.3) is 0 Å². The Labute approximate surface area is 157 Å². The summed E-state index contributed by atoms with van der Waals surface area (Å²) in [6, 6.07) is -0.800. The molecule has 0 radical (unpaired) electrons. The molecule has 3 fully saturated rings. The summed E-state index contributed by atoms with van der Waals surface area (Å²) >= 11 is 0. The quantitative estimate of drug-likeness (QED) is 0.265. The fourth-order valence-electron chi connectivity index (χ4n) is 2.12. The van der Waals surface area contributed by atoms with Gasteiger partial charge in [0, 0.05) is 33.2 Å². The topological polar surface area (TPSA) is 178 Å². The van der Waals surface area contributed by atoms with E-state index in [0.29, 0.717) is 9.80 Å². The molecule has 0 bridgehead atoms. The summed E-state index contributed by atoms with van der Waals surface area (Å²) in [6.07, 6.45) is -1.93. The number of aliphatic hydroxyl groups excluding tert-OH is 4. The van der Waals surface area contributed by atoms with Gasteiger partial charge in [0.05, 0.1) is 0 Å². The van der Waals surface area contributed by atoms with E-state index in [1.807, 2.05) is 0 Å². The predicted octanol–water partition coefficient (Wildman–Crippen LogP) is -2.77. The molecule has 3 rings (SSSR count). The van der Waals surface area contributed by atoms with Gasteiger partial charge < -0.3 is 41.3 Å². The number of nitrogens with one attached hydrogen (secondary N) is 3. The van der Waals surface area contributed by atoms with Crippen molar-refractivity contribution in [1.29, 1.82) is 0 Å². The molecule has 0 aliphatic carbocycles. The lowest BCUT2D eigenvalue weighted by Gasteiger charge is -2.15. The van der Waals surface area contributed by atoms with Gasteiger partial charge >= 0.3 is 18.1 Å². The van der Waals surface area contributed by atoms with Gasteiger partial charge in [0.15, 0.2) is 12.5 Å². The average Bonchev–Trinajstić information content (AvgIpc) is 3.09. The highest BCUT2D eigenvalue weighted by molar-refractivity contribution is 5.77. The van der Waals surface area contributed by atoms with Crippen LogP contribution in [0.2, 0.25) is 0 Å². The number of hydrogen-bond donors (Lipinski definition) is 7. The van der Waals surface area contributed by atoms with Crippen LogP contribution in [0.5, 0.6) is 0 Å². The molecular formula is C14H30N6O7. The van der Waals surface area contributed by atoms with Crippen molar-refractivity contribution in [3.63, 3.8) is 0 Å². The zero-order valence-corrected chi connectivity index (χ0v) is 14.5. The maximum Gasteiger partial charge on any atom is 0.328 e. The Bertz CT molecular complexity index is 469. The number of hydrogen-bond acceptors (Lipinski definition) is 7. The Hall–Kier alpha value is -2.35. The van der Waals surface area contributed by atoms with Crippen molar-refractivity contribution < 1.29 is 34.8 Å². The number of carbonyl (C=O) groups is 3. The summed E-state index contributed by atoms with van der Waals surface area (Å²) < 4.78 is 0. The van der Waals surface area contributed by atoms with Crippen LogP contribution in [0.1, 0.15) is 13.8 Å². The highest BCUT2D eigenvalue weighted by Gasteiger charge is 2.43. The molecule has 2 atom stereocenters. The van der Waals surface area contributed by atoms with Crippen LogP contribution in [0.3, 0.4) is 0 Å². The first-order chi connectivity index (χ1) is 12.3. The number of aliphatic hydroxyl groups is 4. The number of rotatable bonds is 2. The molecule has 27 heavy (non-hydrogen) atoms. The predicted molar refractivity (Wildman–Crippen MR) is 94.0 cm³/mol. The fourth-order valence-corrected chi connectivity index (χ4v) is 2.12. The van der Waals surface area contributed by atoms with Crippen molar-refractivity contribution in [2.24, 2.45) is 0 Å². The van der Waals surface area contributed by atoms with E-state index >= 15 is 0 Å². The number of amides is 6. The van der Waals surface area contributed by atoms with Crippen molar-refractivity contribution >= 4 is 18.1 Å². The van der Waals surface area contributed by atoms with Gasteiger partial charge in [-0.15, -0.1) is 0 Å². The van der Waals surface area contributed by atoms with Crippen LogP contribution in [-0.2, 0) is 0 Å². The van der Waals surface area contributed by atoms with Gasteiger partial charge in [0.2, 0.25) is 0 Å². The van der Waals surface area contributed by atoms with E-state index in [4.69, 9.17) is 20.4 Å². The molecule has 2 unspecified atom stereocenters. The van der Waals surface area contributed by atoms with Gasteiger partial charge in [-0.2, -0.15) is 0 Å². The molecule has 0 aromatic carbocycles. The van der Waals surface area contributed by atoms with Gasteiger partial charge in [-0.1, -0.05) is 7.43 Å². The smallest absolute Gasteiger partial charge is 0.328 e. The Morgan fingerprint density at radius 1 is 0.926 bits per heavy atom. The average molecular weight is 394 g/mol. The molecule has 3 aliphatic heterocycles. The third kappa shape index (κ3) is 7.05. The maximum atomic E-state index is 11.0. The van der Waals surface area contributed by atoms with Crippen LogP contribution < -0.4 is 16.0 Å². The molecule has 3 heterocycles. The molecule has 13 nitrogen and oxygen atoms in total. The molecule has 0 aromatic heterocycles. The van der Waals surface area contributed by atoms with E-state index in [1.165, 1.54) is 0 Å². The van der Waals surface area contributed by atoms with E-state index in [-0.39, 0.29) is 19.5 Å². The fraction of sp³-hybridized carbons (Fsp3) is 0.786. The first-order valence-corrected chi connectivity index (χ1v) is 7.99. The Kier molecular flexibility index (Phi) is 11.1. The molecule has 3 aliphatic rings. The van der Waals surface area contributed by atoms with Crippen LogP contribution in [0.15, 0.2) is 0 Å². The second-order valence-electron chi connectivity index (χ2n) is 5.52. The van der Waals surface area contributed by atoms with E-state index in [1.54, 1.807) is 11.9 Å². The zero-order chi connectivity index (χ0) is 19.7. The summed E-state index contributed by atoms with van der Waals surface area (Å²) in [6.45, 7) is 1.90. The third-order valence-corrected chi connectivity index (χ3v) is 3.70. The lowest BCUT2D eigenvalue weighted by Crippen LogP contribution is -2.42. The summed E-state index contributed by atoms with van der Waals surface area (Å²) in [7, 11) is 1.78. The Balaban J connectivity index is 0.000000390. The molecule has 13 heteroatoms. The summed E-state index contributed by atoms with van der Waals surface area (Å²) in [5.74, 6) is 0. The first kappa shape index (κ1) is 24.7. The second-order valence-corrected chi connectivity index (χ2v) is 5.52. The first-order valence-electron chi connectivity index (χ1n) is 7.99. The van der Waals surface area contributed by atoms with Gasteiger partial charge in [-0.3, -0.25) is 9.80 Å². The van der Waals surface area contributed by atoms with Crippen LogP contribution in [0.4, 0.5) is 14.4 Å². The Morgan fingerprint density at radius 3 is 1.59 bits per heavy atom. The highest BCUT2D eigenvalue weighted by Crippen LogP contribution is 2.17. The lowest BCUT2D eigenvalue weighted by molar-refractivity contribution is -0.0924. The van der Waals surface area contributed by atoms with E-state index in [9.17, 15) is 14.4 Å². The van der Waals surface area contributed by atoms with Gasteiger partial charge in [-0.25, -0.2) is 14.4 Å². The second kappa shape index (κ2) is 12.1. The number of nitrogens with zero attached hydrogens (tertiary/aromatic N) is 3. The number of carbonyl (C=O) groups excluding carboxylic acids is 3. The maximum absolute atomic E-state index is 11.0. The van der Waals surface area contributed by atoms with Crippen molar-refractivity contribution in [2.45, 2.75) is 26.3 Å². The van der Waals surface area contributed by atoms with Gasteiger partial charge in [0.1, 0.15) is 13.5 Å². The van der Waals surface area contributed by atoms with Crippen LogP contribution in [0, 0.1) is 0 Å². The zero-order valence-electron chi connectivity index (χ0n) is 14.5. The monoisotopic (exact) mass is 394 g/mol. The largest absolute Gasteiger partial charge is 0.376 e. The van der Waals surface area contributed by atoms with Crippen LogP contribution in [0.25, 0.3) is 0 Å². The number of urea groups is 3. The minimum Gasteiger partial charge on any atom is -0.376 e. The lowest BCUT2D eigenvalue weighted by atomic mass is 10.4. The van der Waals surface area contributed by atoms with Crippen molar-refractivity contribution in [3.05, 3.63) is 0 Å². The van der Waals surface area contributed by atoms with E-state index in [2.05, 4.69) is 16.0 Å². The van der Waals surface area contributed by atoms with Crippen molar-refractivity contribution in [3.8, 4) is 0 Å². The molecular weight excluding hydrogens is 364 g/mol. The molecule has 0 saturated carbocycles. The van der Waals surface area contributed by atoms with Crippen LogP contribution >= 0.6 is 0 Å². The third-order valence-electron chi connectivity index (χ3n) is 3.70. The van der Waals surface area contributed by atoms with E-state index in [0.717, 1.165) is 32.6 Å². The normalized spacial score (nSPS) is 23.9. The molecule has 158 valence electrons. The van der Waals surface area contributed by atoms with E-state index < -0.39 is 31.9 Å². The minimum absolute atomic E-state index is 0. The standard InChI is InChI=1S/C5H10N2O5.2C4H8N2O.CH4/c8-1-6-3(10)4(11)7(2-9)5(6)12;1-6-3-2-5-4(6)7;7-4-5-2-1-3-6-4;/h3-4,8-11H,1-2H2;2-3H2,1H3,(H,5,7);1-3H2,(H2,5,6,7);1H4. The summed E-state index contributed by atoms with van der Waals surface area (Å²) in [5, 5.41) is 43.2. The molecule has 0 spiro atoms. The Morgan fingerprint density at radius 2 is 1.41 bits per heavy atom. The highest BCUT2D eigenvalue weighted by atomic mass is 16.4. The summed E-state index contributed by atoms with van der Waals surface area (Å²) in [4.78, 5) is 34.5. The number of likely N-dealkylation sites (N-methyl/N-ethyl adjacent to an activating group) is 1.